The van der Waals surface area contributed by atoms with Crippen molar-refractivity contribution in [3.05, 3.63) is 58.9 Å². The van der Waals surface area contributed by atoms with Crippen molar-refractivity contribution in [2.24, 2.45) is 11.8 Å². The van der Waals surface area contributed by atoms with Gasteiger partial charge in [-0.25, -0.2) is 9.18 Å². The van der Waals surface area contributed by atoms with Gasteiger partial charge in [-0.2, -0.15) is 18.2 Å². The molecule has 1 aliphatic heterocycles. The molecule has 3 rings (SSSR count). The van der Waals surface area contributed by atoms with E-state index in [1.165, 1.54) is 45.2 Å². The molecule has 1 unspecified atom stereocenters. The van der Waals surface area contributed by atoms with Crippen LogP contribution in [0.15, 0.2) is 24.3 Å². The number of nitrogens with one attached hydrogen (secondary N) is 2. The third-order valence-corrected chi connectivity index (χ3v) is 7.28. The van der Waals surface area contributed by atoms with Crippen LogP contribution >= 0.6 is 0 Å². The number of aromatic hydroxyl groups is 1. The summed E-state index contributed by atoms with van der Waals surface area (Å²) in [5.41, 5.74) is -1.37. The normalized spacial score (nSPS) is 25.5. The van der Waals surface area contributed by atoms with Gasteiger partial charge in [-0.3, -0.25) is 14.4 Å². The molecule has 4 N–H and O–H groups in total. The van der Waals surface area contributed by atoms with E-state index in [-0.39, 0.29) is 5.56 Å². The van der Waals surface area contributed by atoms with Crippen molar-refractivity contribution in [2.75, 3.05) is 7.05 Å². The number of esters is 1. The minimum atomic E-state index is -2.10. The summed E-state index contributed by atoms with van der Waals surface area (Å²) in [6.07, 6.45) is -4.34. The number of benzene rings is 1. The minimum Gasteiger partial charge on any atom is -0.507 e. The Morgan fingerprint density at radius 3 is 2.33 bits per heavy atom. The van der Waals surface area contributed by atoms with Crippen LogP contribution in [0.1, 0.15) is 43.6 Å². The van der Waals surface area contributed by atoms with Crippen LogP contribution in [-0.2, 0) is 25.5 Å². The second-order valence-electron chi connectivity index (χ2n) is 10.6. The number of nitrogens with zero attached hydrogens (tertiary/aromatic N) is 2. The first kappa shape index (κ1) is 33.2. The lowest BCUT2D eigenvalue weighted by molar-refractivity contribution is -0.164. The molecule has 1 aromatic carbocycles. The number of cyclic esters (lactones) is 1. The maximum atomic E-state index is 14.6. The van der Waals surface area contributed by atoms with Crippen molar-refractivity contribution < 1.29 is 51.7 Å². The Hall–Kier alpha value is -4.27. The average molecular weight is 613 g/mol. The summed E-state index contributed by atoms with van der Waals surface area (Å²) in [5, 5.41) is 25.9. The van der Waals surface area contributed by atoms with Gasteiger partial charge in [0.05, 0.1) is 23.6 Å². The van der Waals surface area contributed by atoms with Gasteiger partial charge in [0.15, 0.2) is 5.82 Å². The quantitative estimate of drug-likeness (QED) is 0.225. The summed E-state index contributed by atoms with van der Waals surface area (Å²) in [7, 11) is 1.28. The zero-order valence-corrected chi connectivity index (χ0v) is 23.9. The van der Waals surface area contributed by atoms with Gasteiger partial charge in [0.1, 0.15) is 23.9 Å². The van der Waals surface area contributed by atoms with E-state index < -0.39 is 107 Å². The van der Waals surface area contributed by atoms with E-state index in [4.69, 9.17) is 4.74 Å². The molecule has 43 heavy (non-hydrogen) atoms. The number of hydrogen-bond donors (Lipinski definition) is 4. The van der Waals surface area contributed by atoms with Gasteiger partial charge < -0.3 is 30.5 Å². The molecule has 11 nitrogen and oxygen atoms in total. The number of phenols is 1. The lowest BCUT2D eigenvalue weighted by Crippen LogP contribution is -2.61. The third-order valence-electron chi connectivity index (χ3n) is 7.28. The van der Waals surface area contributed by atoms with E-state index in [2.05, 4.69) is 15.6 Å². The van der Waals surface area contributed by atoms with Crippen LogP contribution < -0.4 is 10.6 Å². The first-order valence-corrected chi connectivity index (χ1v) is 13.3. The molecule has 0 saturated carbocycles. The number of aromatic nitrogens is 1. The number of ether oxygens (including phenoxy) is 1. The Morgan fingerprint density at radius 2 is 1.72 bits per heavy atom. The molecule has 1 fully saturated rings. The molecular weight excluding hydrogens is 580 g/mol. The standard InChI is InChI=1S/C28H32F4N4O7/c1-11(2)21-28(42)43-13(4)20(34-25(39)14-8-6-7-9-17(14)37)26(40)33-16(22(38)12(3)27(41)36(21)5)10-15-18(29)19(30)24(32)35-23(15)31/h6-9,11-13,16,20-22,37-38H,10H2,1-5H3,(H,33,40)(H,34,39)/t12-,13-,16+,20+,21?,22+/m1/s1. The molecule has 6 atom stereocenters. The van der Waals surface area contributed by atoms with E-state index in [9.17, 15) is 47.0 Å². The van der Waals surface area contributed by atoms with Gasteiger partial charge in [0, 0.05) is 19.0 Å². The molecule has 15 heteroatoms. The van der Waals surface area contributed by atoms with E-state index in [0.717, 1.165) is 4.90 Å². The molecule has 2 aromatic rings. The highest BCUT2D eigenvalue weighted by atomic mass is 19.2. The predicted octanol–water partition coefficient (Wildman–Crippen LogP) is 1.59. The molecular formula is C28H32F4N4O7. The topological polar surface area (TPSA) is 158 Å². The number of carbonyl (C=O) groups is 4. The number of halogens is 4. The highest BCUT2D eigenvalue weighted by Crippen LogP contribution is 2.24. The first-order valence-electron chi connectivity index (χ1n) is 13.3. The summed E-state index contributed by atoms with van der Waals surface area (Å²) in [4.78, 5) is 56.8. The number of aliphatic hydroxyl groups excluding tert-OH is 1. The monoisotopic (exact) mass is 612 g/mol. The van der Waals surface area contributed by atoms with Crippen LogP contribution in [0.2, 0.25) is 0 Å². The van der Waals surface area contributed by atoms with Gasteiger partial charge in [0.2, 0.25) is 23.6 Å². The second kappa shape index (κ2) is 13.4. The largest absolute Gasteiger partial charge is 0.507 e. The average Bonchev–Trinajstić information content (AvgIpc) is 2.94. The number of pyridine rings is 1. The Morgan fingerprint density at radius 1 is 1.09 bits per heavy atom. The highest BCUT2D eigenvalue weighted by molar-refractivity contribution is 6.00. The number of carbonyl (C=O) groups excluding carboxylic acids is 4. The first-order chi connectivity index (χ1) is 20.1. The molecule has 1 aromatic heterocycles. The maximum absolute atomic E-state index is 14.6. The van der Waals surface area contributed by atoms with Crippen LogP contribution in [0, 0.1) is 35.4 Å². The zero-order chi connectivity index (χ0) is 32.3. The van der Waals surface area contributed by atoms with Crippen LogP contribution in [-0.4, -0.2) is 81.2 Å². The number of phenolic OH excluding ortho intramolecular Hbond substituents is 1. The van der Waals surface area contributed by atoms with Crippen molar-refractivity contribution in [3.8, 4) is 5.75 Å². The maximum Gasteiger partial charge on any atom is 0.329 e. The van der Waals surface area contributed by atoms with Gasteiger partial charge in [0.25, 0.3) is 11.9 Å². The fourth-order valence-corrected chi connectivity index (χ4v) is 4.87. The minimum absolute atomic E-state index is 0.243. The summed E-state index contributed by atoms with van der Waals surface area (Å²) >= 11 is 0. The summed E-state index contributed by atoms with van der Waals surface area (Å²) in [5.74, 6) is -14.1. The summed E-state index contributed by atoms with van der Waals surface area (Å²) in [6.45, 7) is 5.71. The molecule has 0 radical (unpaired) electrons. The smallest absolute Gasteiger partial charge is 0.329 e. The molecule has 2 heterocycles. The summed E-state index contributed by atoms with van der Waals surface area (Å²) in [6, 6.07) is 0.678. The van der Waals surface area contributed by atoms with E-state index >= 15 is 0 Å². The third kappa shape index (κ3) is 7.04. The van der Waals surface area contributed by atoms with Crippen molar-refractivity contribution in [3.63, 3.8) is 0 Å². The zero-order valence-electron chi connectivity index (χ0n) is 23.9. The molecule has 0 aliphatic carbocycles. The van der Waals surface area contributed by atoms with Gasteiger partial charge in [-0.15, -0.1) is 0 Å². The van der Waals surface area contributed by atoms with Crippen molar-refractivity contribution in [1.29, 1.82) is 0 Å². The molecule has 0 bridgehead atoms. The highest BCUT2D eigenvalue weighted by Gasteiger charge is 2.42. The fraction of sp³-hybridized carbons (Fsp3) is 0.464. The van der Waals surface area contributed by atoms with Gasteiger partial charge in [-0.05, 0) is 25.0 Å². The van der Waals surface area contributed by atoms with Crippen molar-refractivity contribution >= 4 is 23.7 Å². The molecule has 1 aliphatic rings. The van der Waals surface area contributed by atoms with Crippen LogP contribution in [0.5, 0.6) is 5.75 Å². The van der Waals surface area contributed by atoms with E-state index in [1.54, 1.807) is 13.8 Å². The molecule has 234 valence electrons. The molecule has 0 spiro atoms. The Kier molecular flexibility index (Phi) is 10.3. The van der Waals surface area contributed by atoms with Crippen LogP contribution in [0.25, 0.3) is 0 Å². The Balaban J connectivity index is 2.11. The Labute approximate surface area is 244 Å². The number of amides is 3. The lowest BCUT2D eigenvalue weighted by atomic mass is 9.90. The molecule has 3 amide bonds. The van der Waals surface area contributed by atoms with Crippen LogP contribution in [0.3, 0.4) is 0 Å². The van der Waals surface area contributed by atoms with E-state index in [0.29, 0.717) is 0 Å². The van der Waals surface area contributed by atoms with Crippen molar-refractivity contribution in [2.45, 2.75) is 64.4 Å². The number of hydrogen-bond acceptors (Lipinski definition) is 8. The van der Waals surface area contributed by atoms with Gasteiger partial charge in [-0.1, -0.05) is 32.9 Å². The lowest BCUT2D eigenvalue weighted by Gasteiger charge is -2.37. The van der Waals surface area contributed by atoms with Crippen molar-refractivity contribution in [1.82, 2.24) is 20.5 Å². The van der Waals surface area contributed by atoms with Gasteiger partial charge >= 0.3 is 5.97 Å². The number of para-hydroxylation sites is 1. The van der Waals surface area contributed by atoms with Crippen LogP contribution in [0.4, 0.5) is 17.6 Å². The number of likely N-dealkylation sites (N-methyl/N-ethyl adjacent to an activating group) is 1. The molecule has 1 saturated heterocycles. The second-order valence-corrected chi connectivity index (χ2v) is 10.6. The number of aliphatic hydroxyl groups is 1. The summed E-state index contributed by atoms with van der Waals surface area (Å²) < 4.78 is 62.0. The predicted molar refractivity (Wildman–Crippen MR) is 141 cm³/mol. The number of rotatable bonds is 5. The SMILES string of the molecule is CC(C)C1C(=O)O[C@H](C)[C@H](NC(=O)c2ccccc2O)C(=O)N[C@@H](Cc2c(F)nc(F)c(F)c2F)[C@@H](O)[C@@H](C)C(=O)N1C. The Bertz CT molecular complexity index is 1410. The fourth-order valence-electron chi connectivity index (χ4n) is 4.87. The van der Waals surface area contributed by atoms with E-state index in [1.807, 2.05) is 0 Å².